The van der Waals surface area contributed by atoms with Crippen LogP contribution in [-0.4, -0.2) is 36.5 Å². The maximum absolute atomic E-state index is 14.6. The predicted molar refractivity (Wildman–Crippen MR) is 97.2 cm³/mol. The fourth-order valence-corrected chi connectivity index (χ4v) is 3.15. The molecule has 0 saturated carbocycles. The van der Waals surface area contributed by atoms with E-state index in [1.54, 1.807) is 26.0 Å². The maximum atomic E-state index is 14.6. The van der Waals surface area contributed by atoms with Crippen molar-refractivity contribution in [2.45, 2.75) is 39.9 Å². The second kappa shape index (κ2) is 7.33. The lowest BCUT2D eigenvalue weighted by molar-refractivity contribution is -0.00539. The minimum absolute atomic E-state index is 0.0387. The molecule has 1 aromatic carbocycles. The van der Waals surface area contributed by atoms with Gasteiger partial charge in [-0.05, 0) is 45.9 Å². The number of nitrogens with zero attached hydrogens (tertiary/aromatic N) is 2. The number of carbonyl (C=O) groups is 1. The van der Waals surface area contributed by atoms with Crippen molar-refractivity contribution in [3.8, 4) is 0 Å². The molecular formula is C18H23FN4O3. The molecule has 3 rings (SSSR count). The lowest BCUT2D eigenvalue weighted by Gasteiger charge is -2.37. The van der Waals surface area contributed by atoms with Gasteiger partial charge in [0.05, 0.1) is 17.9 Å². The number of nitrogens with one attached hydrogen (secondary N) is 2. The molecule has 2 aromatic rings. The molecule has 26 heavy (non-hydrogen) atoms. The first-order valence-corrected chi connectivity index (χ1v) is 8.54. The van der Waals surface area contributed by atoms with Gasteiger partial charge < -0.3 is 24.8 Å². The van der Waals surface area contributed by atoms with Crippen molar-refractivity contribution < 1.29 is 18.4 Å². The van der Waals surface area contributed by atoms with Crippen molar-refractivity contribution in [2.75, 3.05) is 28.6 Å². The van der Waals surface area contributed by atoms with Gasteiger partial charge in [0.15, 0.2) is 5.76 Å². The van der Waals surface area contributed by atoms with E-state index in [-0.39, 0.29) is 18.0 Å². The van der Waals surface area contributed by atoms with E-state index in [2.05, 4.69) is 15.8 Å². The Balaban J connectivity index is 1.68. The minimum atomic E-state index is -0.486. The Bertz CT molecular complexity index is 778. The summed E-state index contributed by atoms with van der Waals surface area (Å²) in [6, 6.07) is 4.18. The Morgan fingerprint density at radius 2 is 1.92 bits per heavy atom. The summed E-state index contributed by atoms with van der Waals surface area (Å²) in [5.41, 5.74) is 1.96. The summed E-state index contributed by atoms with van der Waals surface area (Å²) in [6.45, 7) is 8.62. The van der Waals surface area contributed by atoms with Gasteiger partial charge in [-0.15, -0.1) is 0 Å². The summed E-state index contributed by atoms with van der Waals surface area (Å²) in [5, 5.41) is 9.05. The Kier molecular flexibility index (Phi) is 5.13. The van der Waals surface area contributed by atoms with E-state index in [4.69, 9.17) is 9.26 Å². The van der Waals surface area contributed by atoms with Crippen LogP contribution in [0.3, 0.4) is 0 Å². The zero-order chi connectivity index (χ0) is 18.8. The van der Waals surface area contributed by atoms with E-state index in [1.165, 1.54) is 6.07 Å². The molecule has 0 spiro atoms. The van der Waals surface area contributed by atoms with Crippen LogP contribution in [0.1, 0.15) is 25.3 Å². The number of ether oxygens (including phenoxy) is 1. The van der Waals surface area contributed by atoms with Gasteiger partial charge in [0, 0.05) is 18.8 Å². The first-order valence-electron chi connectivity index (χ1n) is 8.54. The zero-order valence-electron chi connectivity index (χ0n) is 15.3. The fourth-order valence-electron chi connectivity index (χ4n) is 3.15. The first-order chi connectivity index (χ1) is 12.3. The van der Waals surface area contributed by atoms with E-state index in [0.717, 1.165) is 0 Å². The molecule has 2 heterocycles. The van der Waals surface area contributed by atoms with Crippen LogP contribution in [0.5, 0.6) is 0 Å². The SMILES string of the molecule is Cc1noc(C)c1NC(=O)Nc1ccc(N2C[C@H](C)O[C@@H](C)C2)c(F)c1. The second-order valence-electron chi connectivity index (χ2n) is 6.61. The molecule has 2 amide bonds. The number of urea groups is 1. The van der Waals surface area contributed by atoms with Gasteiger partial charge in [-0.3, -0.25) is 0 Å². The van der Waals surface area contributed by atoms with Crippen LogP contribution in [0, 0.1) is 19.7 Å². The second-order valence-corrected chi connectivity index (χ2v) is 6.61. The van der Waals surface area contributed by atoms with Crippen molar-refractivity contribution in [1.29, 1.82) is 0 Å². The van der Waals surface area contributed by atoms with Crippen LogP contribution >= 0.6 is 0 Å². The first kappa shape index (κ1) is 18.2. The highest BCUT2D eigenvalue weighted by Crippen LogP contribution is 2.26. The number of anilines is 3. The van der Waals surface area contributed by atoms with Gasteiger partial charge in [0.2, 0.25) is 0 Å². The number of morpholine rings is 1. The summed E-state index contributed by atoms with van der Waals surface area (Å²) < 4.78 is 25.2. The lowest BCUT2D eigenvalue weighted by Crippen LogP contribution is -2.45. The van der Waals surface area contributed by atoms with Gasteiger partial charge in [-0.1, -0.05) is 5.16 Å². The summed E-state index contributed by atoms with van der Waals surface area (Å²) in [7, 11) is 0. The molecule has 0 bridgehead atoms. The third kappa shape index (κ3) is 3.96. The topological polar surface area (TPSA) is 79.6 Å². The number of hydrogen-bond acceptors (Lipinski definition) is 5. The van der Waals surface area contributed by atoms with Crippen molar-refractivity contribution in [3.05, 3.63) is 35.5 Å². The molecule has 1 fully saturated rings. The quantitative estimate of drug-likeness (QED) is 0.870. The molecule has 140 valence electrons. The molecule has 1 aromatic heterocycles. The zero-order valence-corrected chi connectivity index (χ0v) is 15.3. The number of amides is 2. The molecule has 0 aliphatic carbocycles. The molecule has 7 nitrogen and oxygen atoms in total. The number of aromatic nitrogens is 1. The maximum Gasteiger partial charge on any atom is 0.323 e. The highest BCUT2D eigenvalue weighted by Gasteiger charge is 2.24. The molecule has 1 aliphatic heterocycles. The van der Waals surface area contributed by atoms with Gasteiger partial charge in [-0.2, -0.15) is 0 Å². The third-order valence-electron chi connectivity index (χ3n) is 4.24. The highest BCUT2D eigenvalue weighted by molar-refractivity contribution is 6.00. The average molecular weight is 362 g/mol. The van der Waals surface area contributed by atoms with Crippen molar-refractivity contribution in [2.24, 2.45) is 0 Å². The Hall–Kier alpha value is -2.61. The lowest BCUT2D eigenvalue weighted by atomic mass is 10.2. The molecule has 8 heteroatoms. The summed E-state index contributed by atoms with van der Waals surface area (Å²) in [5.74, 6) is 0.121. The summed E-state index contributed by atoms with van der Waals surface area (Å²) in [6.07, 6.45) is 0.0774. The number of halogens is 1. The van der Waals surface area contributed by atoms with Gasteiger partial charge >= 0.3 is 6.03 Å². The Labute approximate surface area is 151 Å². The number of hydrogen-bond donors (Lipinski definition) is 2. The van der Waals surface area contributed by atoms with Crippen LogP contribution in [0.15, 0.2) is 22.7 Å². The predicted octanol–water partition coefficient (Wildman–Crippen LogP) is 3.69. The highest BCUT2D eigenvalue weighted by atomic mass is 19.1. The van der Waals surface area contributed by atoms with E-state index < -0.39 is 6.03 Å². The number of benzene rings is 1. The van der Waals surface area contributed by atoms with E-state index in [9.17, 15) is 9.18 Å². The third-order valence-corrected chi connectivity index (χ3v) is 4.24. The van der Waals surface area contributed by atoms with Gasteiger partial charge in [0.1, 0.15) is 17.2 Å². The van der Waals surface area contributed by atoms with Gasteiger partial charge in [-0.25, -0.2) is 9.18 Å². The molecule has 0 radical (unpaired) electrons. The van der Waals surface area contributed by atoms with Crippen LogP contribution in [0.25, 0.3) is 0 Å². The Morgan fingerprint density at radius 3 is 2.50 bits per heavy atom. The summed E-state index contributed by atoms with van der Waals surface area (Å²) >= 11 is 0. The molecule has 0 unspecified atom stereocenters. The van der Waals surface area contributed by atoms with Crippen molar-refractivity contribution >= 4 is 23.1 Å². The van der Waals surface area contributed by atoms with Crippen LogP contribution in [0.4, 0.5) is 26.2 Å². The summed E-state index contributed by atoms with van der Waals surface area (Å²) in [4.78, 5) is 14.1. The number of rotatable bonds is 3. The van der Waals surface area contributed by atoms with Crippen LogP contribution in [-0.2, 0) is 4.74 Å². The largest absolute Gasteiger partial charge is 0.372 e. The minimum Gasteiger partial charge on any atom is -0.372 e. The van der Waals surface area contributed by atoms with E-state index in [0.29, 0.717) is 41.6 Å². The number of aryl methyl sites for hydroxylation is 2. The fraction of sp³-hybridized carbons (Fsp3) is 0.444. The molecule has 2 atom stereocenters. The average Bonchev–Trinajstić information content (AvgIpc) is 2.86. The standard InChI is InChI=1S/C18H23FN4O3/c1-10-8-23(9-11(2)25-10)16-6-5-14(7-15(16)19)20-18(24)21-17-12(3)22-26-13(17)4/h5-7,10-11H,8-9H2,1-4H3,(H2,20,21,24)/t10-,11-/m0/s1. The smallest absolute Gasteiger partial charge is 0.323 e. The monoisotopic (exact) mass is 362 g/mol. The van der Waals surface area contributed by atoms with E-state index in [1.807, 2.05) is 18.7 Å². The molecule has 1 aliphatic rings. The van der Waals surface area contributed by atoms with Gasteiger partial charge in [0.25, 0.3) is 0 Å². The van der Waals surface area contributed by atoms with Crippen LogP contribution in [0.2, 0.25) is 0 Å². The van der Waals surface area contributed by atoms with Crippen molar-refractivity contribution in [1.82, 2.24) is 5.16 Å². The van der Waals surface area contributed by atoms with Crippen LogP contribution < -0.4 is 15.5 Å². The normalized spacial score (nSPS) is 20.1. The number of carbonyl (C=O) groups excluding carboxylic acids is 1. The Morgan fingerprint density at radius 1 is 1.23 bits per heavy atom. The molecule has 2 N–H and O–H groups in total. The van der Waals surface area contributed by atoms with Crippen molar-refractivity contribution in [3.63, 3.8) is 0 Å². The van der Waals surface area contributed by atoms with E-state index >= 15 is 0 Å². The molecular weight excluding hydrogens is 339 g/mol. The molecule has 1 saturated heterocycles.